The molecule has 8 heteroatoms. The van der Waals surface area contributed by atoms with Crippen molar-refractivity contribution in [3.8, 4) is 5.75 Å². The lowest BCUT2D eigenvalue weighted by molar-refractivity contribution is 0.0184. The Balaban J connectivity index is 1.66. The molecule has 2 bridgehead atoms. The molecule has 0 radical (unpaired) electrons. The number of hydrogen-bond acceptors (Lipinski definition) is 5. The summed E-state index contributed by atoms with van der Waals surface area (Å²) in [4.78, 5) is 15.8. The van der Waals surface area contributed by atoms with Crippen LogP contribution in [0, 0.1) is 6.92 Å². The van der Waals surface area contributed by atoms with E-state index in [0.29, 0.717) is 17.4 Å². The third kappa shape index (κ3) is 4.20. The van der Waals surface area contributed by atoms with E-state index in [4.69, 9.17) is 9.88 Å². The number of fused-ring (bicyclic) bond motifs is 2. The third-order valence-electron chi connectivity index (χ3n) is 6.60. The van der Waals surface area contributed by atoms with Gasteiger partial charge in [-0.25, -0.2) is 13.6 Å². The van der Waals surface area contributed by atoms with Crippen LogP contribution in [-0.4, -0.2) is 38.0 Å². The van der Waals surface area contributed by atoms with Crippen molar-refractivity contribution in [2.24, 2.45) is 5.14 Å². The largest absolute Gasteiger partial charge is 0.496 e. The van der Waals surface area contributed by atoms with Crippen molar-refractivity contribution >= 4 is 15.9 Å². The van der Waals surface area contributed by atoms with Gasteiger partial charge in [-0.2, -0.15) is 0 Å². The third-order valence-corrected chi connectivity index (χ3v) is 7.65. The van der Waals surface area contributed by atoms with Crippen molar-refractivity contribution in [3.05, 3.63) is 59.2 Å². The van der Waals surface area contributed by atoms with Gasteiger partial charge >= 0.3 is 0 Å². The van der Waals surface area contributed by atoms with Crippen LogP contribution < -0.4 is 15.2 Å². The first-order chi connectivity index (χ1) is 14.7. The Morgan fingerprint density at radius 1 is 1.23 bits per heavy atom. The number of primary sulfonamides is 1. The first-order valence-corrected chi connectivity index (χ1v) is 12.1. The summed E-state index contributed by atoms with van der Waals surface area (Å²) in [6, 6.07) is 13.6. The second-order valence-electron chi connectivity index (χ2n) is 8.55. The highest BCUT2D eigenvalue weighted by Gasteiger charge is 2.49. The summed E-state index contributed by atoms with van der Waals surface area (Å²) < 4.78 is 29.4. The molecule has 2 fully saturated rings. The monoisotopic (exact) mass is 443 g/mol. The number of carbonyl (C=O) groups excluding carboxylic acids is 1. The van der Waals surface area contributed by atoms with Gasteiger partial charge in [-0.15, -0.1) is 0 Å². The number of ether oxygens (including phenoxy) is 1. The maximum atomic E-state index is 13.4. The molecule has 2 unspecified atom stereocenters. The molecular weight excluding hydrogens is 414 g/mol. The Morgan fingerprint density at radius 2 is 1.97 bits per heavy atom. The zero-order chi connectivity index (χ0) is 22.2. The Morgan fingerprint density at radius 3 is 2.65 bits per heavy atom. The molecule has 2 aromatic carbocycles. The zero-order valence-corrected chi connectivity index (χ0v) is 18.7. The maximum Gasteiger partial charge on any atom is 0.256 e. The minimum atomic E-state index is -3.96. The molecule has 0 spiro atoms. The minimum Gasteiger partial charge on any atom is -0.496 e. The van der Waals surface area contributed by atoms with Gasteiger partial charge < -0.3 is 10.1 Å². The molecule has 2 aliphatic rings. The molecule has 0 aliphatic carbocycles. The molecule has 31 heavy (non-hydrogen) atoms. The predicted octanol–water partition coefficient (Wildman–Crippen LogP) is 2.93. The number of carbonyl (C=O) groups is 1. The highest BCUT2D eigenvalue weighted by molar-refractivity contribution is 7.89. The maximum absolute atomic E-state index is 13.4. The SMILES string of the molecule is COc1cc(C)c(S(N)(=O)=O)cc1C(=O)NC12CCCC(CC1)N2Cc1ccccc1. The second-order valence-corrected chi connectivity index (χ2v) is 10.1. The Hall–Kier alpha value is -2.42. The molecule has 166 valence electrons. The number of methoxy groups -OCH3 is 1. The van der Waals surface area contributed by atoms with Crippen LogP contribution in [0.25, 0.3) is 0 Å². The number of hydrogen-bond donors (Lipinski definition) is 2. The van der Waals surface area contributed by atoms with Crippen LogP contribution in [0.15, 0.2) is 47.4 Å². The fourth-order valence-corrected chi connectivity index (χ4v) is 5.89. The van der Waals surface area contributed by atoms with E-state index in [1.54, 1.807) is 13.0 Å². The van der Waals surface area contributed by atoms with Gasteiger partial charge in [0.25, 0.3) is 5.91 Å². The van der Waals surface area contributed by atoms with Crippen molar-refractivity contribution in [3.63, 3.8) is 0 Å². The standard InChI is InChI=1S/C23H29N3O4S/c1-16-13-20(30-2)19(14-21(16)31(24,28)29)22(27)25-23-11-6-9-18(10-12-23)26(23)15-17-7-4-3-5-8-17/h3-5,7-8,13-14,18H,6,9-12,15H2,1-2H3,(H,25,27)(H2,24,28,29). The molecule has 3 N–H and O–H groups in total. The number of piperidine rings is 1. The fraction of sp³-hybridized carbons (Fsp3) is 0.435. The number of nitrogens with zero attached hydrogens (tertiary/aromatic N) is 1. The summed E-state index contributed by atoms with van der Waals surface area (Å²) in [5.41, 5.74) is 1.38. The van der Waals surface area contributed by atoms with Crippen LogP contribution in [0.2, 0.25) is 0 Å². The highest BCUT2D eigenvalue weighted by Crippen LogP contribution is 2.43. The van der Waals surface area contributed by atoms with E-state index < -0.39 is 15.7 Å². The smallest absolute Gasteiger partial charge is 0.256 e. The van der Waals surface area contributed by atoms with Gasteiger partial charge in [-0.1, -0.05) is 30.3 Å². The molecule has 2 saturated heterocycles. The van der Waals surface area contributed by atoms with Crippen LogP contribution in [0.1, 0.15) is 53.6 Å². The van der Waals surface area contributed by atoms with Crippen LogP contribution in [0.4, 0.5) is 0 Å². The van der Waals surface area contributed by atoms with Gasteiger partial charge in [0.1, 0.15) is 5.75 Å². The van der Waals surface area contributed by atoms with Crippen LogP contribution in [0.3, 0.4) is 0 Å². The number of aryl methyl sites for hydroxylation is 1. The van der Waals surface area contributed by atoms with E-state index in [1.165, 1.54) is 18.7 Å². The average Bonchev–Trinajstić information content (AvgIpc) is 2.91. The minimum absolute atomic E-state index is 0.0648. The summed E-state index contributed by atoms with van der Waals surface area (Å²) in [5.74, 6) is -0.0128. The molecule has 2 atom stereocenters. The van der Waals surface area contributed by atoms with E-state index in [-0.39, 0.29) is 16.4 Å². The van der Waals surface area contributed by atoms with Gasteiger partial charge in [0.2, 0.25) is 10.0 Å². The van der Waals surface area contributed by atoms with Gasteiger partial charge in [-0.3, -0.25) is 9.69 Å². The number of amides is 1. The Kier molecular flexibility index (Phi) is 5.81. The zero-order valence-electron chi connectivity index (χ0n) is 17.9. The van der Waals surface area contributed by atoms with Crippen molar-refractivity contribution in [2.45, 2.75) is 62.2 Å². The number of sulfonamides is 1. The lowest BCUT2D eigenvalue weighted by atomic mass is 9.95. The lowest BCUT2D eigenvalue weighted by Gasteiger charge is -2.45. The number of nitrogens with one attached hydrogen (secondary N) is 1. The van der Waals surface area contributed by atoms with Crippen LogP contribution in [-0.2, 0) is 16.6 Å². The van der Waals surface area contributed by atoms with Crippen molar-refractivity contribution < 1.29 is 17.9 Å². The van der Waals surface area contributed by atoms with Crippen molar-refractivity contribution in [1.82, 2.24) is 10.2 Å². The topological polar surface area (TPSA) is 102 Å². The summed E-state index contributed by atoms with van der Waals surface area (Å²) >= 11 is 0. The van der Waals surface area contributed by atoms with Crippen LogP contribution >= 0.6 is 0 Å². The first-order valence-electron chi connectivity index (χ1n) is 10.6. The van der Waals surface area contributed by atoms with Gasteiger partial charge in [0.05, 0.1) is 23.2 Å². The van der Waals surface area contributed by atoms with E-state index in [9.17, 15) is 13.2 Å². The number of benzene rings is 2. The van der Waals surface area contributed by atoms with Crippen LogP contribution in [0.5, 0.6) is 5.75 Å². The average molecular weight is 444 g/mol. The number of nitrogens with two attached hydrogens (primary N) is 1. The van der Waals surface area contributed by atoms with Gasteiger partial charge in [0.15, 0.2) is 0 Å². The first kappa shape index (κ1) is 21.8. The fourth-order valence-electron chi connectivity index (χ4n) is 5.10. The number of rotatable bonds is 6. The normalized spacial score (nSPS) is 23.5. The Labute approximate surface area is 183 Å². The van der Waals surface area contributed by atoms with E-state index in [2.05, 4.69) is 22.3 Å². The summed E-state index contributed by atoms with van der Waals surface area (Å²) in [6.07, 6.45) is 4.92. The van der Waals surface area contributed by atoms with E-state index in [1.807, 2.05) is 18.2 Å². The molecule has 2 aliphatic heterocycles. The van der Waals surface area contributed by atoms with Gasteiger partial charge in [-0.05, 0) is 62.3 Å². The molecule has 0 aromatic heterocycles. The summed E-state index contributed by atoms with van der Waals surface area (Å²) in [7, 11) is -2.49. The lowest BCUT2D eigenvalue weighted by Crippen LogP contribution is -2.60. The molecule has 0 saturated carbocycles. The highest BCUT2D eigenvalue weighted by atomic mass is 32.2. The second kappa shape index (κ2) is 8.26. The van der Waals surface area contributed by atoms with Crippen molar-refractivity contribution in [2.75, 3.05) is 7.11 Å². The van der Waals surface area contributed by atoms with E-state index in [0.717, 1.165) is 38.6 Å². The van der Waals surface area contributed by atoms with Gasteiger partial charge in [0, 0.05) is 12.6 Å². The van der Waals surface area contributed by atoms with E-state index >= 15 is 0 Å². The molecule has 7 nitrogen and oxygen atoms in total. The predicted molar refractivity (Wildman–Crippen MR) is 118 cm³/mol. The quantitative estimate of drug-likeness (QED) is 0.715. The Bertz CT molecular complexity index is 1080. The summed E-state index contributed by atoms with van der Waals surface area (Å²) in [6.45, 7) is 2.40. The molecule has 2 heterocycles. The summed E-state index contributed by atoms with van der Waals surface area (Å²) in [5, 5.41) is 8.62. The molecule has 2 aromatic rings. The van der Waals surface area contributed by atoms with Crippen molar-refractivity contribution in [1.29, 1.82) is 0 Å². The molecule has 1 amide bonds. The molecular formula is C23H29N3O4S. The molecule has 4 rings (SSSR count).